The molecule has 1 heterocycles. The molecule has 0 radical (unpaired) electrons. The molecule has 0 saturated heterocycles. The van der Waals surface area contributed by atoms with Gasteiger partial charge in [-0.2, -0.15) is 0 Å². The third-order valence-corrected chi connectivity index (χ3v) is 5.22. The van der Waals surface area contributed by atoms with Gasteiger partial charge in [0.25, 0.3) is 0 Å². The van der Waals surface area contributed by atoms with Crippen molar-refractivity contribution >= 4 is 43.2 Å². The van der Waals surface area contributed by atoms with Crippen molar-refractivity contribution in [3.63, 3.8) is 0 Å². The first kappa shape index (κ1) is 13.2. The summed E-state index contributed by atoms with van der Waals surface area (Å²) in [6.07, 6.45) is -0.826. The first-order chi connectivity index (χ1) is 8.00. The smallest absolute Gasteiger partial charge is 0.137 e. The summed E-state index contributed by atoms with van der Waals surface area (Å²) < 4.78 is 14.6. The van der Waals surface area contributed by atoms with E-state index in [1.54, 1.807) is 12.1 Å². The molecule has 0 aliphatic heterocycles. The van der Waals surface area contributed by atoms with E-state index in [0.717, 1.165) is 14.2 Å². The van der Waals surface area contributed by atoms with Gasteiger partial charge in [0, 0.05) is 14.9 Å². The Morgan fingerprint density at radius 3 is 2.65 bits per heavy atom. The molecule has 0 spiro atoms. The number of rotatable bonds is 2. The number of aliphatic hydroxyl groups is 1. The molecule has 2 rings (SSSR count). The quantitative estimate of drug-likeness (QED) is 0.794. The predicted molar refractivity (Wildman–Crippen MR) is 74.9 cm³/mol. The highest BCUT2D eigenvalue weighted by Gasteiger charge is 2.20. The summed E-state index contributed by atoms with van der Waals surface area (Å²) in [6, 6.07) is 6.60. The molecule has 5 heteroatoms. The van der Waals surface area contributed by atoms with Crippen LogP contribution < -0.4 is 0 Å². The maximum Gasteiger partial charge on any atom is 0.137 e. The van der Waals surface area contributed by atoms with Crippen molar-refractivity contribution in [2.24, 2.45) is 0 Å². The molecule has 0 bridgehead atoms. The minimum Gasteiger partial charge on any atom is -0.383 e. The molecule has 0 aliphatic carbocycles. The summed E-state index contributed by atoms with van der Waals surface area (Å²) >= 11 is 8.05. The average molecular weight is 380 g/mol. The van der Waals surface area contributed by atoms with E-state index in [0.29, 0.717) is 10.0 Å². The van der Waals surface area contributed by atoms with Crippen molar-refractivity contribution in [1.82, 2.24) is 0 Å². The number of aliphatic hydroxyl groups excluding tert-OH is 1. The first-order valence-electron chi connectivity index (χ1n) is 4.88. The molecule has 1 N–H and O–H groups in total. The maximum absolute atomic E-state index is 13.4. The van der Waals surface area contributed by atoms with Crippen molar-refractivity contribution in [1.29, 1.82) is 0 Å². The Balaban J connectivity index is 2.47. The number of hydrogen-bond acceptors (Lipinski definition) is 2. The Bertz CT molecular complexity index is 553. The largest absolute Gasteiger partial charge is 0.383 e. The zero-order chi connectivity index (χ0) is 12.6. The van der Waals surface area contributed by atoms with Gasteiger partial charge in [-0.25, -0.2) is 4.39 Å². The molecule has 90 valence electrons. The van der Waals surface area contributed by atoms with Gasteiger partial charge in [-0.1, -0.05) is 12.1 Å². The van der Waals surface area contributed by atoms with Crippen molar-refractivity contribution in [3.05, 3.63) is 54.3 Å². The second-order valence-corrected chi connectivity index (χ2v) is 6.55. The van der Waals surface area contributed by atoms with Gasteiger partial charge in [0.15, 0.2) is 0 Å². The first-order valence-corrected chi connectivity index (χ1v) is 7.28. The Morgan fingerprint density at radius 2 is 2.06 bits per heavy atom. The van der Waals surface area contributed by atoms with Crippen molar-refractivity contribution in [2.75, 3.05) is 0 Å². The summed E-state index contributed by atoms with van der Waals surface area (Å²) in [5, 5.41) is 10.3. The zero-order valence-electron chi connectivity index (χ0n) is 8.88. The summed E-state index contributed by atoms with van der Waals surface area (Å²) in [7, 11) is 0. The molecule has 1 atom stereocenters. The number of thiophene rings is 1. The molecule has 1 aromatic heterocycles. The van der Waals surface area contributed by atoms with E-state index in [9.17, 15) is 9.50 Å². The molecule has 1 nitrogen and oxygen atoms in total. The molecule has 2 aromatic rings. The number of aryl methyl sites for hydroxylation is 1. The minimum absolute atomic E-state index is 0.311. The van der Waals surface area contributed by atoms with E-state index in [4.69, 9.17) is 0 Å². The fraction of sp³-hybridized carbons (Fsp3) is 0.167. The Hall–Kier alpha value is -0.230. The molecule has 17 heavy (non-hydrogen) atoms. The molecule has 0 aliphatic rings. The van der Waals surface area contributed by atoms with Crippen molar-refractivity contribution in [3.8, 4) is 0 Å². The maximum atomic E-state index is 13.4. The van der Waals surface area contributed by atoms with Gasteiger partial charge in [0.1, 0.15) is 11.9 Å². The van der Waals surface area contributed by atoms with E-state index in [1.165, 1.54) is 17.4 Å². The van der Waals surface area contributed by atoms with E-state index >= 15 is 0 Å². The lowest BCUT2D eigenvalue weighted by atomic mass is 10.1. The summed E-state index contributed by atoms with van der Waals surface area (Å²) in [4.78, 5) is 1.88. The number of halogens is 3. The van der Waals surface area contributed by atoms with Crippen LogP contribution in [-0.4, -0.2) is 5.11 Å². The lowest BCUT2D eigenvalue weighted by Gasteiger charge is -2.12. The van der Waals surface area contributed by atoms with E-state index in [1.807, 2.05) is 13.0 Å². The highest BCUT2D eigenvalue weighted by Crippen LogP contribution is 2.38. The standard InChI is InChI=1S/C12H9Br2FOS/c1-6-5-8(13)12(17-6)11(16)7-3-2-4-9(15)10(7)14/h2-5,11,16H,1H3. The van der Waals surface area contributed by atoms with Crippen LogP contribution >= 0.6 is 43.2 Å². The number of benzene rings is 1. The fourth-order valence-corrected chi connectivity index (χ4v) is 3.91. The third kappa shape index (κ3) is 2.62. The van der Waals surface area contributed by atoms with Gasteiger partial charge in [-0.15, -0.1) is 11.3 Å². The second kappa shape index (κ2) is 5.18. The van der Waals surface area contributed by atoms with Crippen molar-refractivity contribution < 1.29 is 9.50 Å². The van der Waals surface area contributed by atoms with Crippen LogP contribution in [0, 0.1) is 12.7 Å². The van der Waals surface area contributed by atoms with Crippen LogP contribution in [0.3, 0.4) is 0 Å². The Labute approximate surface area is 120 Å². The number of hydrogen-bond donors (Lipinski definition) is 1. The molecule has 0 amide bonds. The van der Waals surface area contributed by atoms with Crippen LogP contribution in [-0.2, 0) is 0 Å². The minimum atomic E-state index is -0.826. The van der Waals surface area contributed by atoms with E-state index in [-0.39, 0.29) is 5.82 Å². The molecular formula is C12H9Br2FOS. The Kier molecular flexibility index (Phi) is 4.02. The van der Waals surface area contributed by atoms with Gasteiger partial charge < -0.3 is 5.11 Å². The van der Waals surface area contributed by atoms with Gasteiger partial charge in [-0.05, 0) is 50.9 Å². The van der Waals surface area contributed by atoms with Gasteiger partial charge in [0.2, 0.25) is 0 Å². The highest BCUT2D eigenvalue weighted by atomic mass is 79.9. The van der Waals surface area contributed by atoms with Crippen LogP contribution in [0.2, 0.25) is 0 Å². The summed E-state index contributed by atoms with van der Waals surface area (Å²) in [5.41, 5.74) is 0.535. The molecule has 0 saturated carbocycles. The normalized spacial score (nSPS) is 12.8. The van der Waals surface area contributed by atoms with Gasteiger partial charge >= 0.3 is 0 Å². The van der Waals surface area contributed by atoms with Crippen molar-refractivity contribution in [2.45, 2.75) is 13.0 Å². The fourth-order valence-electron chi connectivity index (χ4n) is 1.56. The van der Waals surface area contributed by atoms with E-state index in [2.05, 4.69) is 31.9 Å². The van der Waals surface area contributed by atoms with Crippen LogP contribution in [0.15, 0.2) is 33.2 Å². The molecular weight excluding hydrogens is 371 g/mol. The van der Waals surface area contributed by atoms with Crippen LogP contribution in [0.5, 0.6) is 0 Å². The second-order valence-electron chi connectivity index (χ2n) is 3.61. The zero-order valence-corrected chi connectivity index (χ0v) is 12.9. The average Bonchev–Trinajstić information content (AvgIpc) is 2.61. The van der Waals surface area contributed by atoms with E-state index < -0.39 is 6.10 Å². The molecule has 1 aromatic carbocycles. The highest BCUT2D eigenvalue weighted by molar-refractivity contribution is 9.10. The SMILES string of the molecule is Cc1cc(Br)c(C(O)c2cccc(F)c2Br)s1. The molecule has 1 unspecified atom stereocenters. The molecule has 0 fully saturated rings. The lowest BCUT2D eigenvalue weighted by molar-refractivity contribution is 0.222. The topological polar surface area (TPSA) is 20.2 Å². The monoisotopic (exact) mass is 378 g/mol. The van der Waals surface area contributed by atoms with Gasteiger partial charge in [0.05, 0.1) is 9.35 Å². The van der Waals surface area contributed by atoms with Crippen LogP contribution in [0.4, 0.5) is 4.39 Å². The van der Waals surface area contributed by atoms with Crippen LogP contribution in [0.1, 0.15) is 21.4 Å². The summed E-state index contributed by atoms with van der Waals surface area (Å²) in [5.74, 6) is -0.369. The third-order valence-electron chi connectivity index (χ3n) is 2.36. The predicted octanol–water partition coefficient (Wildman–Crippen LogP) is 4.80. The Morgan fingerprint density at radius 1 is 1.35 bits per heavy atom. The van der Waals surface area contributed by atoms with Gasteiger partial charge in [-0.3, -0.25) is 0 Å². The summed E-state index contributed by atoms with van der Waals surface area (Å²) in [6.45, 7) is 1.96. The lowest BCUT2D eigenvalue weighted by Crippen LogP contribution is -2.00. The van der Waals surface area contributed by atoms with Crippen LogP contribution in [0.25, 0.3) is 0 Å².